The van der Waals surface area contributed by atoms with Gasteiger partial charge in [-0.25, -0.2) is 4.99 Å². The third kappa shape index (κ3) is 4.75. The third-order valence-electron chi connectivity index (χ3n) is 5.28. The van der Waals surface area contributed by atoms with Crippen LogP contribution in [0.1, 0.15) is 56.7 Å². The topological polar surface area (TPSA) is 40.0 Å². The molecule has 2 aromatic carbocycles. The molecule has 1 heterocycles. The van der Waals surface area contributed by atoms with Crippen LogP contribution in [-0.4, -0.2) is 32.3 Å². The minimum Gasteiger partial charge on any atom is -0.496 e. The van der Waals surface area contributed by atoms with E-state index in [2.05, 4.69) is 58.0 Å². The first-order chi connectivity index (χ1) is 13.9. The molecule has 0 radical (unpaired) electrons. The minimum atomic E-state index is -0.213. The monoisotopic (exact) mass is 395 g/mol. The maximum Gasteiger partial charge on any atom is 0.217 e. The Morgan fingerprint density at radius 2 is 1.69 bits per heavy atom. The van der Waals surface area contributed by atoms with Crippen molar-refractivity contribution in [3.63, 3.8) is 0 Å². The SMILES string of the molecule is CCCCCc1cc(OC)c(-c2cc(C)ccc2C2=NC(C)(C)CO2)c(OC)c1. The third-order valence-corrected chi connectivity index (χ3v) is 5.28. The summed E-state index contributed by atoms with van der Waals surface area (Å²) in [6, 6.07) is 10.6. The Labute approximate surface area is 174 Å². The molecule has 0 unspecified atom stereocenters. The lowest BCUT2D eigenvalue weighted by molar-refractivity contribution is 0.279. The number of aryl methyl sites for hydroxylation is 2. The average molecular weight is 396 g/mol. The van der Waals surface area contributed by atoms with Gasteiger partial charge in [-0.15, -0.1) is 0 Å². The van der Waals surface area contributed by atoms with Crippen molar-refractivity contribution in [2.45, 2.75) is 58.9 Å². The van der Waals surface area contributed by atoms with Crippen LogP contribution in [0, 0.1) is 6.92 Å². The Bertz CT molecular complexity index is 874. The van der Waals surface area contributed by atoms with E-state index in [0.717, 1.165) is 46.6 Å². The first-order valence-electron chi connectivity index (χ1n) is 10.5. The lowest BCUT2D eigenvalue weighted by Gasteiger charge is -2.18. The van der Waals surface area contributed by atoms with E-state index < -0.39 is 0 Å². The molecule has 0 bridgehead atoms. The average Bonchev–Trinajstić information content (AvgIpc) is 3.06. The number of hydrogen-bond acceptors (Lipinski definition) is 4. The van der Waals surface area contributed by atoms with Gasteiger partial charge in [0.1, 0.15) is 18.1 Å². The summed E-state index contributed by atoms with van der Waals surface area (Å²) in [5.74, 6) is 2.32. The molecule has 1 aliphatic rings. The quantitative estimate of drug-likeness (QED) is 0.517. The van der Waals surface area contributed by atoms with Crippen LogP contribution in [0.3, 0.4) is 0 Å². The Hall–Kier alpha value is -2.49. The van der Waals surface area contributed by atoms with Gasteiger partial charge in [-0.3, -0.25) is 0 Å². The predicted octanol–water partition coefficient (Wildman–Crippen LogP) is 5.97. The fourth-order valence-corrected chi connectivity index (χ4v) is 3.73. The highest BCUT2D eigenvalue weighted by Crippen LogP contribution is 2.42. The van der Waals surface area contributed by atoms with E-state index in [0.29, 0.717) is 12.5 Å². The number of rotatable bonds is 8. The van der Waals surface area contributed by atoms with Gasteiger partial charge in [0.2, 0.25) is 5.90 Å². The molecule has 0 fully saturated rings. The molecule has 29 heavy (non-hydrogen) atoms. The molecule has 156 valence electrons. The zero-order valence-corrected chi connectivity index (χ0v) is 18.6. The van der Waals surface area contributed by atoms with Crippen molar-refractivity contribution >= 4 is 5.90 Å². The molecule has 1 aliphatic heterocycles. The van der Waals surface area contributed by atoms with Crippen LogP contribution in [0.5, 0.6) is 11.5 Å². The summed E-state index contributed by atoms with van der Waals surface area (Å²) < 4.78 is 17.6. The van der Waals surface area contributed by atoms with Gasteiger partial charge in [0.05, 0.1) is 25.3 Å². The molecule has 4 nitrogen and oxygen atoms in total. The van der Waals surface area contributed by atoms with Crippen molar-refractivity contribution in [2.24, 2.45) is 4.99 Å². The van der Waals surface area contributed by atoms with E-state index in [1.165, 1.54) is 18.4 Å². The molecule has 0 saturated carbocycles. The van der Waals surface area contributed by atoms with Crippen molar-refractivity contribution < 1.29 is 14.2 Å². The van der Waals surface area contributed by atoms with Gasteiger partial charge >= 0.3 is 0 Å². The molecule has 0 saturated heterocycles. The van der Waals surface area contributed by atoms with E-state index in [9.17, 15) is 0 Å². The summed E-state index contributed by atoms with van der Waals surface area (Å²) in [7, 11) is 3.44. The van der Waals surface area contributed by atoms with Crippen LogP contribution in [-0.2, 0) is 11.2 Å². The van der Waals surface area contributed by atoms with Gasteiger partial charge in [-0.1, -0.05) is 37.5 Å². The fraction of sp³-hybridized carbons (Fsp3) is 0.480. The standard InChI is InChI=1S/C25H33NO3/c1-7-8-9-10-18-14-21(27-5)23(22(15-18)28-6)20-13-17(2)11-12-19(20)24-26-25(3,4)16-29-24/h11-15H,7-10,16H2,1-6H3. The van der Waals surface area contributed by atoms with Crippen molar-refractivity contribution in [3.05, 3.63) is 47.0 Å². The predicted molar refractivity (Wildman–Crippen MR) is 120 cm³/mol. The molecule has 4 heteroatoms. The second-order valence-electron chi connectivity index (χ2n) is 8.40. The lowest BCUT2D eigenvalue weighted by atomic mass is 9.93. The molecule has 0 aliphatic carbocycles. The number of methoxy groups -OCH3 is 2. The van der Waals surface area contributed by atoms with Crippen molar-refractivity contribution in [1.82, 2.24) is 0 Å². The summed E-state index contributed by atoms with van der Waals surface area (Å²) in [5, 5.41) is 0. The normalized spacial score (nSPS) is 15.0. The second kappa shape index (κ2) is 8.89. The number of nitrogens with zero attached hydrogens (tertiary/aromatic N) is 1. The number of aliphatic imine (C=N–C) groups is 1. The summed E-state index contributed by atoms with van der Waals surface area (Å²) in [6.07, 6.45) is 4.61. The molecular formula is C25H33NO3. The first-order valence-corrected chi connectivity index (χ1v) is 10.5. The van der Waals surface area contributed by atoms with Gasteiger partial charge in [0, 0.05) is 11.1 Å². The number of unbranched alkanes of at least 4 members (excludes halogenated alkanes) is 2. The maximum atomic E-state index is 5.96. The van der Waals surface area contributed by atoms with Gasteiger partial charge < -0.3 is 14.2 Å². The van der Waals surface area contributed by atoms with E-state index >= 15 is 0 Å². The Morgan fingerprint density at radius 1 is 1.00 bits per heavy atom. The van der Waals surface area contributed by atoms with Gasteiger partial charge in [-0.05, 0) is 57.4 Å². The van der Waals surface area contributed by atoms with E-state index in [1.54, 1.807) is 14.2 Å². The van der Waals surface area contributed by atoms with Gasteiger partial charge in [0.25, 0.3) is 0 Å². The second-order valence-corrected chi connectivity index (χ2v) is 8.40. The van der Waals surface area contributed by atoms with Crippen LogP contribution >= 0.6 is 0 Å². The van der Waals surface area contributed by atoms with Gasteiger partial charge in [0.15, 0.2) is 0 Å². The molecule has 0 spiro atoms. The molecule has 3 rings (SSSR count). The zero-order valence-electron chi connectivity index (χ0n) is 18.6. The largest absolute Gasteiger partial charge is 0.496 e. The van der Waals surface area contributed by atoms with Crippen molar-refractivity contribution in [1.29, 1.82) is 0 Å². The summed E-state index contributed by atoms with van der Waals surface area (Å²) >= 11 is 0. The Kier molecular flexibility index (Phi) is 6.51. The maximum absolute atomic E-state index is 5.96. The van der Waals surface area contributed by atoms with Crippen molar-refractivity contribution in [2.75, 3.05) is 20.8 Å². The highest BCUT2D eigenvalue weighted by atomic mass is 16.5. The summed E-state index contributed by atoms with van der Waals surface area (Å²) in [6.45, 7) is 9.06. The smallest absolute Gasteiger partial charge is 0.217 e. The number of ether oxygens (including phenoxy) is 3. The zero-order chi connectivity index (χ0) is 21.0. The van der Waals surface area contributed by atoms with Crippen LogP contribution in [0.15, 0.2) is 35.3 Å². The summed E-state index contributed by atoms with van der Waals surface area (Å²) in [5.41, 5.74) is 5.13. The van der Waals surface area contributed by atoms with E-state index in [-0.39, 0.29) is 5.54 Å². The first kappa shape index (κ1) is 21.2. The Balaban J connectivity index is 2.14. The van der Waals surface area contributed by atoms with Crippen LogP contribution in [0.25, 0.3) is 11.1 Å². The summed E-state index contributed by atoms with van der Waals surface area (Å²) in [4.78, 5) is 4.80. The van der Waals surface area contributed by atoms with E-state index in [4.69, 9.17) is 19.2 Å². The molecular weight excluding hydrogens is 362 g/mol. The van der Waals surface area contributed by atoms with Crippen LogP contribution in [0.4, 0.5) is 0 Å². The molecule has 0 N–H and O–H groups in total. The number of benzene rings is 2. The van der Waals surface area contributed by atoms with Crippen LogP contribution < -0.4 is 9.47 Å². The lowest BCUT2D eigenvalue weighted by Crippen LogP contribution is -2.17. The minimum absolute atomic E-state index is 0.213. The fourth-order valence-electron chi connectivity index (χ4n) is 3.73. The van der Waals surface area contributed by atoms with Crippen molar-refractivity contribution in [3.8, 4) is 22.6 Å². The Morgan fingerprint density at radius 3 is 2.24 bits per heavy atom. The molecule has 0 amide bonds. The number of hydrogen-bond donors (Lipinski definition) is 0. The van der Waals surface area contributed by atoms with Crippen LogP contribution in [0.2, 0.25) is 0 Å². The molecule has 0 aromatic heterocycles. The molecule has 0 atom stereocenters. The highest BCUT2D eigenvalue weighted by molar-refractivity contribution is 6.03. The van der Waals surface area contributed by atoms with Gasteiger partial charge in [-0.2, -0.15) is 0 Å². The van der Waals surface area contributed by atoms with E-state index in [1.807, 2.05) is 0 Å². The highest BCUT2D eigenvalue weighted by Gasteiger charge is 2.29. The molecule has 2 aromatic rings.